The molecule has 0 radical (unpaired) electrons. The number of nitrogens with zero attached hydrogens (tertiary/aromatic N) is 2. The maximum Gasteiger partial charge on any atom is 0.350 e. The molecule has 1 unspecified atom stereocenters. The van der Waals surface area contributed by atoms with Gasteiger partial charge < -0.3 is 24.4 Å². The zero-order valence-corrected chi connectivity index (χ0v) is 25.4. The van der Waals surface area contributed by atoms with Crippen molar-refractivity contribution in [1.29, 1.82) is 0 Å². The molecule has 226 valence electrons. The van der Waals surface area contributed by atoms with Crippen LogP contribution in [0, 0.1) is 17.0 Å². The number of fused-ring (bicyclic) bond motifs is 1. The van der Waals surface area contributed by atoms with Crippen LogP contribution in [0.25, 0.3) is 11.1 Å². The number of carbonyl (C=O) groups is 3. The molecule has 0 bridgehead atoms. The largest absolute Gasteiger partial charge is 0.496 e. The number of methoxy groups -OCH3 is 1. The van der Waals surface area contributed by atoms with E-state index in [0.29, 0.717) is 40.3 Å². The second-order valence-corrected chi connectivity index (χ2v) is 11.9. The van der Waals surface area contributed by atoms with Crippen molar-refractivity contribution in [3.8, 4) is 22.6 Å². The van der Waals surface area contributed by atoms with Crippen LogP contribution < -0.4 is 19.7 Å². The third-order valence-corrected chi connectivity index (χ3v) is 8.35. The Kier molecular flexibility index (Phi) is 8.11. The number of aryl methyl sites for hydroxylation is 1. The van der Waals surface area contributed by atoms with Gasteiger partial charge in [0, 0.05) is 35.2 Å². The molecule has 1 atom stereocenters. The number of nitrogens with one attached hydrogen (secondary N) is 1. The summed E-state index contributed by atoms with van der Waals surface area (Å²) >= 11 is 1.46. The van der Waals surface area contributed by atoms with Crippen molar-refractivity contribution >= 4 is 46.7 Å². The van der Waals surface area contributed by atoms with Gasteiger partial charge in [0.1, 0.15) is 22.6 Å². The number of nitro benzene ring substituents is 1. The molecule has 0 aliphatic carbocycles. The summed E-state index contributed by atoms with van der Waals surface area (Å²) in [6, 6.07) is 17.7. The normalized spacial score (nSPS) is 14.2. The Labute approximate surface area is 257 Å². The highest BCUT2D eigenvalue weighted by atomic mass is 32.1. The molecular formula is C32H29N3O8S. The number of para-hydroxylation sites is 1. The van der Waals surface area contributed by atoms with Crippen molar-refractivity contribution < 1.29 is 33.5 Å². The number of ether oxygens (including phenoxy) is 3. The molecule has 3 aromatic carbocycles. The fourth-order valence-corrected chi connectivity index (χ4v) is 6.26. The first-order valence-corrected chi connectivity index (χ1v) is 14.3. The second kappa shape index (κ2) is 11.8. The minimum atomic E-state index is -0.900. The number of hydrogen-bond donors (Lipinski definition) is 1. The van der Waals surface area contributed by atoms with Crippen molar-refractivity contribution in [2.24, 2.45) is 0 Å². The second-order valence-electron chi connectivity index (χ2n) is 10.6. The molecule has 0 fully saturated rings. The Morgan fingerprint density at radius 1 is 1.09 bits per heavy atom. The van der Waals surface area contributed by atoms with Crippen molar-refractivity contribution in [3.63, 3.8) is 0 Å². The average molecular weight is 616 g/mol. The van der Waals surface area contributed by atoms with E-state index in [1.54, 1.807) is 31.9 Å². The van der Waals surface area contributed by atoms with Crippen LogP contribution in [0.1, 0.15) is 45.6 Å². The number of rotatable bonds is 9. The summed E-state index contributed by atoms with van der Waals surface area (Å²) in [5, 5.41) is 14.7. The monoisotopic (exact) mass is 615 g/mol. The topological polar surface area (TPSA) is 137 Å². The standard InChI is InChI=1S/C32H29N3O8S/c1-18-10-15-26(44-18)29(42-17-36)27-21(13-14-23-28(27)34(4)31(38)32(2,3)33-23)20-12-11-19(16-25(20)41-5)43-30(37)22-8-6-7-9-24(22)35(39)40/h6-17,29,33H,1-5H3. The van der Waals surface area contributed by atoms with Crippen molar-refractivity contribution in [3.05, 3.63) is 97.7 Å². The molecule has 0 spiro atoms. The molecule has 1 amide bonds. The molecule has 1 aromatic heterocycles. The van der Waals surface area contributed by atoms with E-state index in [4.69, 9.17) is 14.2 Å². The summed E-state index contributed by atoms with van der Waals surface area (Å²) in [4.78, 5) is 52.3. The van der Waals surface area contributed by atoms with Crippen molar-refractivity contribution in [1.82, 2.24) is 0 Å². The molecule has 2 heterocycles. The van der Waals surface area contributed by atoms with E-state index in [1.165, 1.54) is 54.8 Å². The molecule has 4 aromatic rings. The lowest BCUT2D eigenvalue weighted by Crippen LogP contribution is -2.52. The van der Waals surface area contributed by atoms with E-state index in [1.807, 2.05) is 31.2 Å². The summed E-state index contributed by atoms with van der Waals surface area (Å²) in [5.41, 5.74) is 1.50. The van der Waals surface area contributed by atoms with Crippen LogP contribution in [-0.4, -0.2) is 43.0 Å². The third-order valence-electron chi connectivity index (χ3n) is 7.31. The highest BCUT2D eigenvalue weighted by Gasteiger charge is 2.40. The fourth-order valence-electron chi connectivity index (χ4n) is 5.33. The summed E-state index contributed by atoms with van der Waals surface area (Å²) in [6.45, 7) is 5.91. The number of benzene rings is 3. The fraction of sp³-hybridized carbons (Fsp3) is 0.219. The Morgan fingerprint density at radius 2 is 1.82 bits per heavy atom. The predicted molar refractivity (Wildman–Crippen MR) is 166 cm³/mol. The smallest absolute Gasteiger partial charge is 0.350 e. The van der Waals surface area contributed by atoms with Gasteiger partial charge in [-0.3, -0.25) is 19.7 Å². The number of nitro groups is 1. The molecule has 1 aliphatic heterocycles. The van der Waals surface area contributed by atoms with Gasteiger partial charge in [0.2, 0.25) is 0 Å². The van der Waals surface area contributed by atoms with E-state index in [2.05, 4.69) is 5.32 Å². The zero-order chi connectivity index (χ0) is 31.8. The summed E-state index contributed by atoms with van der Waals surface area (Å²) in [7, 11) is 3.13. The highest BCUT2D eigenvalue weighted by Crippen LogP contribution is 2.49. The minimum absolute atomic E-state index is 0.0959. The van der Waals surface area contributed by atoms with Gasteiger partial charge in [0.05, 0.1) is 28.3 Å². The van der Waals surface area contributed by atoms with Gasteiger partial charge in [-0.15, -0.1) is 11.3 Å². The Balaban J connectivity index is 1.66. The average Bonchev–Trinajstić information content (AvgIpc) is 3.43. The number of esters is 1. The van der Waals surface area contributed by atoms with Gasteiger partial charge in [-0.05, 0) is 62.7 Å². The van der Waals surface area contributed by atoms with Gasteiger partial charge in [-0.2, -0.15) is 0 Å². The van der Waals surface area contributed by atoms with E-state index in [9.17, 15) is 24.5 Å². The first-order chi connectivity index (χ1) is 21.0. The number of anilines is 2. The first-order valence-electron chi connectivity index (χ1n) is 13.5. The van der Waals surface area contributed by atoms with E-state index in [-0.39, 0.29) is 22.9 Å². The van der Waals surface area contributed by atoms with Crippen LogP contribution in [-0.2, 0) is 14.3 Å². The molecule has 44 heavy (non-hydrogen) atoms. The molecule has 12 heteroatoms. The number of likely N-dealkylation sites (N-methyl/N-ethyl adjacent to an activating group) is 1. The lowest BCUT2D eigenvalue weighted by Gasteiger charge is -2.40. The Hall–Kier alpha value is -5.23. The number of carbonyl (C=O) groups excluding carboxylic acids is 3. The molecule has 11 nitrogen and oxygen atoms in total. The van der Waals surface area contributed by atoms with Gasteiger partial charge in [0.25, 0.3) is 18.1 Å². The van der Waals surface area contributed by atoms with Crippen molar-refractivity contribution in [2.45, 2.75) is 32.4 Å². The van der Waals surface area contributed by atoms with E-state index >= 15 is 0 Å². The molecule has 1 aliphatic rings. The van der Waals surface area contributed by atoms with Crippen LogP contribution in [0.2, 0.25) is 0 Å². The van der Waals surface area contributed by atoms with Crippen molar-refractivity contribution in [2.75, 3.05) is 24.4 Å². The summed E-state index contributed by atoms with van der Waals surface area (Å²) < 4.78 is 16.9. The lowest BCUT2D eigenvalue weighted by atomic mass is 9.88. The molecule has 5 rings (SSSR count). The Morgan fingerprint density at radius 3 is 2.48 bits per heavy atom. The van der Waals surface area contributed by atoms with E-state index in [0.717, 1.165) is 9.75 Å². The number of amides is 1. The number of hydrogen-bond acceptors (Lipinski definition) is 10. The summed E-state index contributed by atoms with van der Waals surface area (Å²) in [6.07, 6.45) is -0.866. The van der Waals surface area contributed by atoms with Crippen LogP contribution >= 0.6 is 11.3 Å². The summed E-state index contributed by atoms with van der Waals surface area (Å²) in [5.74, 6) is -0.675. The molecule has 0 saturated carbocycles. The van der Waals surface area contributed by atoms with Crippen LogP contribution in [0.4, 0.5) is 17.1 Å². The SMILES string of the molecule is COc1cc(OC(=O)c2ccccc2[N+](=O)[O-])ccc1-c1ccc2c(c1C(OC=O)c1ccc(C)s1)N(C)C(=O)C(C)(C)N2. The molecular weight excluding hydrogens is 586 g/mol. The zero-order valence-electron chi connectivity index (χ0n) is 24.6. The lowest BCUT2D eigenvalue weighted by molar-refractivity contribution is -0.385. The van der Waals surface area contributed by atoms with Crippen LogP contribution in [0.15, 0.2) is 66.7 Å². The maximum atomic E-state index is 13.4. The molecule has 0 saturated heterocycles. The Bertz CT molecular complexity index is 1800. The highest BCUT2D eigenvalue weighted by molar-refractivity contribution is 7.12. The van der Waals surface area contributed by atoms with Gasteiger partial charge in [-0.1, -0.05) is 18.2 Å². The third kappa shape index (κ3) is 5.47. The first kappa shape index (κ1) is 30.2. The number of thiophene rings is 1. The quantitative estimate of drug-likeness (QED) is 0.0757. The van der Waals surface area contributed by atoms with E-state index < -0.39 is 22.5 Å². The predicted octanol–water partition coefficient (Wildman–Crippen LogP) is 6.29. The maximum absolute atomic E-state index is 13.4. The van der Waals surface area contributed by atoms with Gasteiger partial charge in [0.15, 0.2) is 6.10 Å². The minimum Gasteiger partial charge on any atom is -0.496 e. The van der Waals surface area contributed by atoms with Crippen LogP contribution in [0.3, 0.4) is 0 Å². The van der Waals surface area contributed by atoms with Gasteiger partial charge >= 0.3 is 5.97 Å². The molecule has 1 N–H and O–H groups in total. The van der Waals surface area contributed by atoms with Crippen LogP contribution in [0.5, 0.6) is 11.5 Å². The van der Waals surface area contributed by atoms with Gasteiger partial charge in [-0.25, -0.2) is 4.79 Å².